The monoisotopic (exact) mass is 839 g/mol. The average molecular weight is 840 g/mol. The van der Waals surface area contributed by atoms with E-state index in [9.17, 15) is 0 Å². The predicted molar refractivity (Wildman–Crippen MR) is 274 cm³/mol. The van der Waals surface area contributed by atoms with Crippen LogP contribution in [0.3, 0.4) is 0 Å². The average Bonchev–Trinajstić information content (AvgIpc) is 4.03. The van der Waals surface area contributed by atoms with Gasteiger partial charge >= 0.3 is 0 Å². The molecule has 0 atom stereocenters. The Hall–Kier alpha value is -7.27. The summed E-state index contributed by atoms with van der Waals surface area (Å²) in [7, 11) is 0. The highest BCUT2D eigenvalue weighted by atomic mass is 32.1. The molecule has 13 rings (SSSR count). The first-order valence-corrected chi connectivity index (χ1v) is 23.2. The largest absolute Gasteiger partial charge is 0.354 e. The summed E-state index contributed by atoms with van der Waals surface area (Å²) in [5, 5.41) is 6.99. The molecule has 8 aromatic rings. The molecule has 0 fully saturated rings. The Balaban J connectivity index is 1.13. The van der Waals surface area contributed by atoms with Gasteiger partial charge in [0.1, 0.15) is 0 Å². The Kier molecular flexibility index (Phi) is 8.70. The maximum atomic E-state index is 5.17. The van der Waals surface area contributed by atoms with Gasteiger partial charge in [0.05, 0.1) is 22.6 Å². The molecule has 1 aromatic heterocycles. The van der Waals surface area contributed by atoms with Crippen molar-refractivity contribution >= 4 is 73.9 Å². The van der Waals surface area contributed by atoms with E-state index in [0.29, 0.717) is 0 Å². The molecule has 4 aliphatic carbocycles. The lowest BCUT2D eigenvalue weighted by molar-refractivity contribution is 0.900. The second kappa shape index (κ2) is 14.9. The van der Waals surface area contributed by atoms with E-state index in [2.05, 4.69) is 197 Å². The number of rotatable bonds is 5. The summed E-state index contributed by atoms with van der Waals surface area (Å²) in [5.74, 6) is 0. The Morgan fingerprint density at radius 3 is 2.30 bits per heavy atom. The molecule has 1 N–H and O–H groups in total. The molecule has 7 aromatic carbocycles. The molecule has 306 valence electrons. The summed E-state index contributed by atoms with van der Waals surface area (Å²) >= 11 is 5.17. The maximum absolute atomic E-state index is 5.17. The molecule has 0 unspecified atom stereocenters. The van der Waals surface area contributed by atoms with E-state index in [1.165, 1.54) is 99.8 Å². The van der Waals surface area contributed by atoms with Crippen molar-refractivity contribution in [1.29, 1.82) is 0 Å². The van der Waals surface area contributed by atoms with Crippen LogP contribution in [0.15, 0.2) is 204 Å². The third-order valence-electron chi connectivity index (χ3n) is 14.1. The van der Waals surface area contributed by atoms with Crippen molar-refractivity contribution in [3.63, 3.8) is 0 Å². The van der Waals surface area contributed by atoms with Gasteiger partial charge < -0.3 is 14.8 Å². The van der Waals surface area contributed by atoms with Crippen LogP contribution < -0.4 is 9.80 Å². The lowest BCUT2D eigenvalue weighted by Crippen LogP contribution is -2.25. The number of para-hydroxylation sites is 2. The molecular formula is C60H45N3S. The van der Waals surface area contributed by atoms with Gasteiger partial charge in [-0.1, -0.05) is 127 Å². The normalized spacial score (nSPS) is 18.0. The molecule has 0 radical (unpaired) electrons. The van der Waals surface area contributed by atoms with Gasteiger partial charge in [0, 0.05) is 57.3 Å². The van der Waals surface area contributed by atoms with E-state index in [4.69, 9.17) is 12.6 Å². The Morgan fingerprint density at radius 2 is 1.42 bits per heavy atom. The van der Waals surface area contributed by atoms with Gasteiger partial charge in [0.25, 0.3) is 0 Å². The van der Waals surface area contributed by atoms with Crippen LogP contribution in [0.1, 0.15) is 53.5 Å². The zero-order valence-corrected chi connectivity index (χ0v) is 36.4. The standard InChI is InChI=1S/C60H45N3S/c64-37-45-35-44(62(42-19-3-1-4-20-42)43-21-5-2-6-22-43)29-30-51-53(49-26-13-27-50-54-31-38-15-7-8-16-39(38)34-57(54)61-59(49)50)36-52-47-24-12-10-18-41(47)33-56(52)60(51)63(45)58-28-14-25-48-46-23-11-9-17-40(46)32-55(48)58/h1-5,7-10,12-21,24-31,34-37,61,64H,6,11,22-23,32-33H2/b30-29-,44-35+,45-37-. The summed E-state index contributed by atoms with van der Waals surface area (Å²) in [4.78, 5) is 9.00. The first-order valence-electron chi connectivity index (χ1n) is 22.7. The van der Waals surface area contributed by atoms with E-state index >= 15 is 0 Å². The van der Waals surface area contributed by atoms with Gasteiger partial charge in [0.15, 0.2) is 0 Å². The minimum absolute atomic E-state index is 0.847. The summed E-state index contributed by atoms with van der Waals surface area (Å²) in [6.07, 6.45) is 24.5. The summed E-state index contributed by atoms with van der Waals surface area (Å²) in [5.41, 5.74) is 23.8. The van der Waals surface area contributed by atoms with Gasteiger partial charge in [0.2, 0.25) is 0 Å². The second-order valence-corrected chi connectivity index (χ2v) is 17.9. The maximum Gasteiger partial charge on any atom is 0.0582 e. The number of hydrogen-bond donors (Lipinski definition) is 2. The minimum Gasteiger partial charge on any atom is -0.354 e. The van der Waals surface area contributed by atoms with Crippen LogP contribution in [0.25, 0.3) is 66.5 Å². The third kappa shape index (κ3) is 5.82. The number of nitrogens with one attached hydrogen (secondary N) is 1. The Bertz CT molecular complexity index is 3510. The molecule has 0 saturated carbocycles. The highest BCUT2D eigenvalue weighted by molar-refractivity contribution is 7.83. The third-order valence-corrected chi connectivity index (χ3v) is 14.4. The van der Waals surface area contributed by atoms with Crippen molar-refractivity contribution < 1.29 is 0 Å². The van der Waals surface area contributed by atoms with Gasteiger partial charge in [-0.15, -0.1) is 12.6 Å². The minimum atomic E-state index is 0.847. The van der Waals surface area contributed by atoms with Gasteiger partial charge in [-0.05, 0) is 147 Å². The topological polar surface area (TPSA) is 22.3 Å². The van der Waals surface area contributed by atoms with Crippen LogP contribution in [0.5, 0.6) is 0 Å². The van der Waals surface area contributed by atoms with Gasteiger partial charge in [-0.2, -0.15) is 0 Å². The van der Waals surface area contributed by atoms with Crippen LogP contribution in [-0.4, -0.2) is 4.98 Å². The lowest BCUT2D eigenvalue weighted by Gasteiger charge is -2.36. The van der Waals surface area contributed by atoms with Crippen molar-refractivity contribution in [2.24, 2.45) is 0 Å². The first kappa shape index (κ1) is 37.3. The Morgan fingerprint density at radius 1 is 0.625 bits per heavy atom. The number of nitrogens with zero attached hydrogens (tertiary/aromatic N) is 2. The van der Waals surface area contributed by atoms with Crippen molar-refractivity contribution in [2.45, 2.75) is 38.5 Å². The SMILES string of the molecule is S/C=C1/C=C(N(C2=CC=CCC2)c2ccccc2)\C=C/c2c(-c3cccc4c3[nH]c3cc5ccccc5cc34)cc3c(c2N1c1cccc2c1CC1=C2CCC=C1)Cc1ccccc1-3. The summed E-state index contributed by atoms with van der Waals surface area (Å²) < 4.78 is 0. The van der Waals surface area contributed by atoms with Crippen molar-refractivity contribution in [3.8, 4) is 22.3 Å². The van der Waals surface area contributed by atoms with E-state index in [0.717, 1.165) is 66.6 Å². The number of thiol groups is 1. The Labute approximate surface area is 379 Å². The summed E-state index contributed by atoms with van der Waals surface area (Å²) in [6, 6.07) is 49.6. The molecule has 0 saturated heterocycles. The number of fused-ring (bicyclic) bond motifs is 11. The van der Waals surface area contributed by atoms with E-state index in [1.54, 1.807) is 0 Å². The van der Waals surface area contributed by atoms with Crippen LogP contribution >= 0.6 is 12.6 Å². The molecule has 4 heteroatoms. The fraction of sp³-hybridized carbons (Fsp3) is 0.100. The molecule has 0 bridgehead atoms. The highest BCUT2D eigenvalue weighted by Gasteiger charge is 2.34. The molecular weight excluding hydrogens is 795 g/mol. The van der Waals surface area contributed by atoms with E-state index in [1.807, 2.05) is 5.41 Å². The van der Waals surface area contributed by atoms with E-state index < -0.39 is 0 Å². The lowest BCUT2D eigenvalue weighted by atomic mass is 9.88. The van der Waals surface area contributed by atoms with Crippen LogP contribution in [0, 0.1) is 0 Å². The molecule has 0 amide bonds. The number of hydrogen-bond acceptors (Lipinski definition) is 3. The van der Waals surface area contributed by atoms with E-state index in [-0.39, 0.29) is 0 Å². The van der Waals surface area contributed by atoms with Crippen LogP contribution in [0.2, 0.25) is 0 Å². The quantitative estimate of drug-likeness (QED) is 0.169. The number of H-pyrrole nitrogens is 1. The zero-order valence-electron chi connectivity index (χ0n) is 35.5. The smallest absolute Gasteiger partial charge is 0.0582 e. The molecule has 3 nitrogen and oxygen atoms in total. The zero-order chi connectivity index (χ0) is 42.3. The summed E-state index contributed by atoms with van der Waals surface area (Å²) in [6.45, 7) is 0. The van der Waals surface area contributed by atoms with Crippen LogP contribution in [-0.2, 0) is 12.8 Å². The fourth-order valence-corrected chi connectivity index (χ4v) is 11.5. The van der Waals surface area contributed by atoms with Crippen LogP contribution in [0.4, 0.5) is 17.1 Å². The van der Waals surface area contributed by atoms with Crippen molar-refractivity contribution in [3.05, 3.63) is 232 Å². The second-order valence-electron chi connectivity index (χ2n) is 17.7. The first-order chi connectivity index (χ1) is 31.7. The molecule has 64 heavy (non-hydrogen) atoms. The number of benzene rings is 7. The predicted octanol–water partition coefficient (Wildman–Crippen LogP) is 15.9. The van der Waals surface area contributed by atoms with Gasteiger partial charge in [-0.25, -0.2) is 0 Å². The number of anilines is 3. The van der Waals surface area contributed by atoms with Crippen molar-refractivity contribution in [1.82, 2.24) is 4.98 Å². The molecule has 2 heterocycles. The molecule has 5 aliphatic rings. The highest BCUT2D eigenvalue weighted by Crippen LogP contribution is 2.54. The molecule has 0 spiro atoms. The number of aromatic amines is 1. The molecule has 1 aliphatic heterocycles. The van der Waals surface area contributed by atoms with Gasteiger partial charge in [-0.3, -0.25) is 0 Å². The number of aromatic nitrogens is 1. The van der Waals surface area contributed by atoms with Crippen molar-refractivity contribution in [2.75, 3.05) is 9.80 Å². The number of allylic oxidation sites excluding steroid dienone is 10. The fourth-order valence-electron chi connectivity index (χ4n) is 11.3.